The number of anilines is 1. The number of fused-ring (bicyclic) bond motifs is 2. The topological polar surface area (TPSA) is 63.4 Å². The Morgan fingerprint density at radius 3 is 2.26 bits per heavy atom. The number of carbonyl (C=O) groups excluding carboxylic acids is 2. The molecule has 0 fully saturated rings. The van der Waals surface area contributed by atoms with Crippen LogP contribution in [-0.2, 0) is 0 Å². The Balaban J connectivity index is 2.20. The Bertz CT molecular complexity index is 707. The first kappa shape index (κ1) is 11.7. The first-order chi connectivity index (χ1) is 9.11. The summed E-state index contributed by atoms with van der Waals surface area (Å²) < 4.78 is 0. The number of nitrogen functional groups attached to an aromatic ring is 1. The molecule has 0 radical (unpaired) electrons. The lowest BCUT2D eigenvalue weighted by molar-refractivity contribution is 0.0654. The Morgan fingerprint density at radius 1 is 1.00 bits per heavy atom. The van der Waals surface area contributed by atoms with E-state index in [-0.39, 0.29) is 11.8 Å². The Kier molecular flexibility index (Phi) is 2.52. The third-order valence-corrected chi connectivity index (χ3v) is 3.40. The number of carbonyl (C=O) groups is 2. The van der Waals surface area contributed by atoms with Crippen LogP contribution in [0.4, 0.5) is 5.69 Å². The second-order valence-corrected chi connectivity index (χ2v) is 4.77. The summed E-state index contributed by atoms with van der Waals surface area (Å²) in [5.41, 5.74) is 7.37. The first-order valence-electron chi connectivity index (χ1n) is 6.31. The zero-order chi connectivity index (χ0) is 13.6. The number of rotatable bonds is 2. The van der Waals surface area contributed by atoms with Crippen LogP contribution in [0.1, 0.15) is 34.1 Å². The van der Waals surface area contributed by atoms with Crippen LogP contribution in [0.25, 0.3) is 10.8 Å². The van der Waals surface area contributed by atoms with E-state index in [0.717, 1.165) is 17.2 Å². The quantitative estimate of drug-likeness (QED) is 0.661. The predicted molar refractivity (Wildman–Crippen MR) is 74.0 cm³/mol. The molecule has 2 N–H and O–H groups in total. The molecule has 0 spiro atoms. The number of benzene rings is 2. The van der Waals surface area contributed by atoms with Crippen LogP contribution >= 0.6 is 0 Å². The summed E-state index contributed by atoms with van der Waals surface area (Å²) in [4.78, 5) is 25.7. The molecule has 0 bridgehead atoms. The number of imide groups is 1. The number of hydrogen-bond donors (Lipinski definition) is 1. The number of amides is 2. The van der Waals surface area contributed by atoms with Crippen molar-refractivity contribution in [2.75, 3.05) is 12.3 Å². The van der Waals surface area contributed by atoms with Gasteiger partial charge in [-0.25, -0.2) is 0 Å². The summed E-state index contributed by atoms with van der Waals surface area (Å²) in [6.45, 7) is 2.41. The molecule has 0 aromatic heterocycles. The van der Waals surface area contributed by atoms with Gasteiger partial charge in [-0.2, -0.15) is 0 Å². The van der Waals surface area contributed by atoms with Gasteiger partial charge in [0.05, 0.1) is 11.1 Å². The van der Waals surface area contributed by atoms with Gasteiger partial charge in [0.25, 0.3) is 11.8 Å². The Morgan fingerprint density at radius 2 is 1.63 bits per heavy atom. The first-order valence-corrected chi connectivity index (χ1v) is 6.31. The molecule has 1 heterocycles. The molecule has 0 saturated carbocycles. The van der Waals surface area contributed by atoms with Crippen molar-refractivity contribution in [1.29, 1.82) is 0 Å². The fourth-order valence-corrected chi connectivity index (χ4v) is 2.48. The molecule has 0 atom stereocenters. The lowest BCUT2D eigenvalue weighted by atomic mass is 10.0. The summed E-state index contributed by atoms with van der Waals surface area (Å²) >= 11 is 0. The van der Waals surface area contributed by atoms with Crippen molar-refractivity contribution in [3.8, 4) is 0 Å². The molecule has 1 aliphatic rings. The maximum atomic E-state index is 12.2. The minimum Gasteiger partial charge on any atom is -0.399 e. The molecule has 19 heavy (non-hydrogen) atoms. The maximum Gasteiger partial charge on any atom is 0.261 e. The van der Waals surface area contributed by atoms with E-state index in [1.54, 1.807) is 18.2 Å². The number of hydrogen-bond acceptors (Lipinski definition) is 3. The second kappa shape index (κ2) is 4.09. The van der Waals surface area contributed by atoms with E-state index in [0.29, 0.717) is 23.4 Å². The zero-order valence-corrected chi connectivity index (χ0v) is 10.6. The molecule has 2 aromatic carbocycles. The van der Waals surface area contributed by atoms with Crippen molar-refractivity contribution in [3.05, 3.63) is 41.5 Å². The van der Waals surface area contributed by atoms with Crippen molar-refractivity contribution < 1.29 is 9.59 Å². The summed E-state index contributed by atoms with van der Waals surface area (Å²) in [6, 6.07) is 9.01. The molecule has 0 aliphatic carbocycles. The smallest absolute Gasteiger partial charge is 0.261 e. The molecular weight excluding hydrogens is 240 g/mol. The van der Waals surface area contributed by atoms with Crippen LogP contribution in [0.15, 0.2) is 30.3 Å². The lowest BCUT2D eigenvalue weighted by Crippen LogP contribution is -2.30. The van der Waals surface area contributed by atoms with Crippen LogP contribution in [0.3, 0.4) is 0 Å². The fourth-order valence-electron chi connectivity index (χ4n) is 2.48. The van der Waals surface area contributed by atoms with E-state index in [9.17, 15) is 9.59 Å². The average Bonchev–Trinajstić information content (AvgIpc) is 2.62. The molecule has 4 nitrogen and oxygen atoms in total. The maximum absolute atomic E-state index is 12.2. The van der Waals surface area contributed by atoms with Gasteiger partial charge < -0.3 is 5.73 Å². The highest BCUT2D eigenvalue weighted by Crippen LogP contribution is 2.29. The molecular formula is C15H14N2O2. The van der Waals surface area contributed by atoms with E-state index in [1.165, 1.54) is 4.90 Å². The van der Waals surface area contributed by atoms with E-state index in [4.69, 9.17) is 5.73 Å². The van der Waals surface area contributed by atoms with Crippen LogP contribution in [0, 0.1) is 0 Å². The number of nitrogens with two attached hydrogens (primary N) is 1. The standard InChI is InChI=1S/C15H14N2O2/c1-2-5-17-14(18)12-7-9-3-4-11(16)6-10(9)8-13(12)15(17)19/h3-4,6-8H,2,5,16H2,1H3. The van der Waals surface area contributed by atoms with Crippen molar-refractivity contribution >= 4 is 28.3 Å². The van der Waals surface area contributed by atoms with Gasteiger partial charge in [-0.05, 0) is 41.5 Å². The summed E-state index contributed by atoms with van der Waals surface area (Å²) in [5, 5.41) is 1.81. The van der Waals surface area contributed by atoms with Crippen LogP contribution in [0.5, 0.6) is 0 Å². The third-order valence-electron chi connectivity index (χ3n) is 3.40. The summed E-state index contributed by atoms with van der Waals surface area (Å²) in [7, 11) is 0. The molecule has 3 rings (SSSR count). The van der Waals surface area contributed by atoms with Gasteiger partial charge >= 0.3 is 0 Å². The average molecular weight is 254 g/mol. The van der Waals surface area contributed by atoms with Gasteiger partial charge in [-0.3, -0.25) is 14.5 Å². The number of nitrogens with zero attached hydrogens (tertiary/aromatic N) is 1. The minimum absolute atomic E-state index is 0.194. The third kappa shape index (κ3) is 1.68. The molecule has 2 amide bonds. The molecule has 4 heteroatoms. The van der Waals surface area contributed by atoms with Crippen molar-refractivity contribution in [2.24, 2.45) is 0 Å². The highest BCUT2D eigenvalue weighted by atomic mass is 16.2. The Labute approximate surface area is 110 Å². The highest BCUT2D eigenvalue weighted by Gasteiger charge is 2.34. The zero-order valence-electron chi connectivity index (χ0n) is 10.6. The molecule has 2 aromatic rings. The van der Waals surface area contributed by atoms with Gasteiger partial charge in [0, 0.05) is 12.2 Å². The van der Waals surface area contributed by atoms with Crippen LogP contribution in [0.2, 0.25) is 0 Å². The monoisotopic (exact) mass is 254 g/mol. The highest BCUT2D eigenvalue weighted by molar-refractivity contribution is 6.23. The van der Waals surface area contributed by atoms with Crippen molar-refractivity contribution in [1.82, 2.24) is 4.90 Å². The van der Waals surface area contributed by atoms with E-state index < -0.39 is 0 Å². The van der Waals surface area contributed by atoms with E-state index in [2.05, 4.69) is 0 Å². The largest absolute Gasteiger partial charge is 0.399 e. The summed E-state index contributed by atoms with van der Waals surface area (Å²) in [6.07, 6.45) is 0.762. The van der Waals surface area contributed by atoms with Gasteiger partial charge in [0.1, 0.15) is 0 Å². The molecule has 0 saturated heterocycles. The molecule has 96 valence electrons. The van der Waals surface area contributed by atoms with Crippen molar-refractivity contribution in [3.63, 3.8) is 0 Å². The predicted octanol–water partition coefficient (Wildman–Crippen LogP) is 2.43. The normalized spacial score (nSPS) is 14.3. The van der Waals surface area contributed by atoms with E-state index in [1.807, 2.05) is 19.1 Å². The fraction of sp³-hybridized carbons (Fsp3) is 0.200. The molecule has 0 unspecified atom stereocenters. The van der Waals surface area contributed by atoms with Gasteiger partial charge in [-0.1, -0.05) is 13.0 Å². The lowest BCUT2D eigenvalue weighted by Gasteiger charge is -2.11. The summed E-state index contributed by atoms with van der Waals surface area (Å²) in [5.74, 6) is -0.397. The SMILES string of the molecule is CCCN1C(=O)c2cc3ccc(N)cc3cc2C1=O. The minimum atomic E-state index is -0.203. The van der Waals surface area contributed by atoms with Crippen LogP contribution < -0.4 is 5.73 Å². The van der Waals surface area contributed by atoms with Gasteiger partial charge in [0.15, 0.2) is 0 Å². The van der Waals surface area contributed by atoms with E-state index >= 15 is 0 Å². The van der Waals surface area contributed by atoms with Crippen LogP contribution in [-0.4, -0.2) is 23.3 Å². The van der Waals surface area contributed by atoms with Gasteiger partial charge in [-0.15, -0.1) is 0 Å². The molecule has 1 aliphatic heterocycles. The van der Waals surface area contributed by atoms with Crippen molar-refractivity contribution in [2.45, 2.75) is 13.3 Å². The Hall–Kier alpha value is -2.36. The second-order valence-electron chi connectivity index (χ2n) is 4.77. The van der Waals surface area contributed by atoms with Gasteiger partial charge in [0.2, 0.25) is 0 Å².